The van der Waals surface area contributed by atoms with Crippen LogP contribution in [0.25, 0.3) is 11.1 Å². The smallest absolute Gasteiger partial charge is 0.407 e. The monoisotopic (exact) mass is 710 g/mol. The lowest BCUT2D eigenvalue weighted by atomic mass is 9.78. The van der Waals surface area contributed by atoms with E-state index < -0.39 is 47.0 Å². The maximum Gasteiger partial charge on any atom is 0.407 e. The minimum absolute atomic E-state index is 0.0910. The van der Waals surface area contributed by atoms with Crippen molar-refractivity contribution in [2.24, 2.45) is 17.1 Å². The number of carbonyl (C=O) groups is 5. The number of ether oxygens (including phenoxy) is 1. The molecular weight excluding hydrogens is 664 g/mol. The normalized spacial score (nSPS) is 20.5. The fourth-order valence-electron chi connectivity index (χ4n) is 7.63. The van der Waals surface area contributed by atoms with E-state index >= 15 is 0 Å². The standard InChI is InChI=1S/C39H46N6O7/c1-23(2)32(34(48)43-31(12-7-19-41-36(40)50)33(47)42-25-15-13-24(20-46)14-16-25)44-35(49)38-17-18-39(38,22-38)45-37(51)52-21-30-28-10-5-3-8-26(28)27-9-4-6-11-29(27)30/h3-6,8-11,13-16,23,30-32,46H,7,12,17-22H2,1-2H3,(H,42,47)(H,43,48)(H,44,49)(H,45,51)(H3,40,41,50). The SMILES string of the molecule is CC(C)C(NC(=O)C12CCC1(NC(=O)OCC1c3ccccc3-c3ccccc31)C2)C(=O)NC(CCCNC(N)=O)C(=O)Nc1ccc(CO)cc1. The summed E-state index contributed by atoms with van der Waals surface area (Å²) in [5.74, 6) is -1.76. The third-order valence-corrected chi connectivity index (χ3v) is 10.7. The number of hydrogen-bond acceptors (Lipinski definition) is 7. The van der Waals surface area contributed by atoms with E-state index in [0.717, 1.165) is 22.3 Å². The lowest BCUT2D eigenvalue weighted by Crippen LogP contribution is -2.59. The van der Waals surface area contributed by atoms with Crippen LogP contribution in [0, 0.1) is 11.3 Å². The number of nitrogens with one attached hydrogen (secondary N) is 5. The molecule has 13 heteroatoms. The molecule has 0 aliphatic heterocycles. The van der Waals surface area contributed by atoms with Crippen molar-refractivity contribution in [1.82, 2.24) is 21.3 Å². The fourth-order valence-corrected chi connectivity index (χ4v) is 7.63. The van der Waals surface area contributed by atoms with Crippen molar-refractivity contribution in [1.29, 1.82) is 0 Å². The Bertz CT molecular complexity index is 1800. The average molecular weight is 711 g/mol. The largest absolute Gasteiger partial charge is 0.449 e. The Kier molecular flexibility index (Phi) is 10.5. The van der Waals surface area contributed by atoms with E-state index in [9.17, 15) is 29.1 Å². The molecule has 8 N–H and O–H groups in total. The number of urea groups is 1. The molecule has 274 valence electrons. The van der Waals surface area contributed by atoms with E-state index in [1.807, 2.05) is 24.3 Å². The third-order valence-electron chi connectivity index (χ3n) is 10.7. The van der Waals surface area contributed by atoms with Crippen molar-refractivity contribution in [3.8, 4) is 11.1 Å². The molecule has 0 heterocycles. The van der Waals surface area contributed by atoms with Gasteiger partial charge >= 0.3 is 12.1 Å². The number of alkyl carbamates (subject to hydrolysis) is 1. The minimum atomic E-state index is -0.991. The molecular formula is C39H46N6O7. The van der Waals surface area contributed by atoms with Gasteiger partial charge in [-0.25, -0.2) is 9.59 Å². The molecule has 2 saturated carbocycles. The Morgan fingerprint density at radius 3 is 2.12 bits per heavy atom. The molecule has 6 rings (SSSR count). The second-order valence-electron chi connectivity index (χ2n) is 14.3. The number of fused-ring (bicyclic) bond motifs is 4. The summed E-state index contributed by atoms with van der Waals surface area (Å²) in [4.78, 5) is 65.1. The number of carbonyl (C=O) groups excluding carboxylic acids is 5. The lowest BCUT2D eigenvalue weighted by Gasteiger charge is -2.36. The first-order valence-electron chi connectivity index (χ1n) is 17.8. The van der Waals surface area contributed by atoms with E-state index in [0.29, 0.717) is 36.9 Å². The van der Waals surface area contributed by atoms with Gasteiger partial charge in [0.05, 0.1) is 17.6 Å². The maximum atomic E-state index is 13.8. The highest BCUT2D eigenvalue weighted by molar-refractivity contribution is 5.99. The van der Waals surface area contributed by atoms with Gasteiger partial charge in [-0.3, -0.25) is 14.4 Å². The molecule has 2 fully saturated rings. The highest BCUT2D eigenvalue weighted by Gasteiger charge is 2.79. The van der Waals surface area contributed by atoms with E-state index in [2.05, 4.69) is 50.8 Å². The van der Waals surface area contributed by atoms with E-state index in [-0.39, 0.29) is 43.9 Å². The molecule has 0 saturated heterocycles. The summed E-state index contributed by atoms with van der Waals surface area (Å²) >= 11 is 0. The van der Waals surface area contributed by atoms with Crippen LogP contribution in [-0.4, -0.2) is 65.7 Å². The zero-order chi connectivity index (χ0) is 37.0. The third kappa shape index (κ3) is 7.31. The van der Waals surface area contributed by atoms with Gasteiger partial charge in [-0.05, 0) is 78.0 Å². The van der Waals surface area contributed by atoms with Gasteiger partial charge in [-0.2, -0.15) is 0 Å². The Hall–Kier alpha value is -5.43. The van der Waals surface area contributed by atoms with Crippen molar-refractivity contribution in [3.63, 3.8) is 0 Å². The number of aliphatic hydroxyl groups is 1. The Morgan fingerprint density at radius 1 is 0.885 bits per heavy atom. The maximum absolute atomic E-state index is 13.8. The van der Waals surface area contributed by atoms with Crippen LogP contribution in [0.3, 0.4) is 0 Å². The highest BCUT2D eigenvalue weighted by Crippen LogP contribution is 2.71. The molecule has 0 aromatic heterocycles. The Morgan fingerprint density at radius 2 is 1.54 bits per heavy atom. The first-order chi connectivity index (χ1) is 25.0. The minimum Gasteiger partial charge on any atom is -0.449 e. The summed E-state index contributed by atoms with van der Waals surface area (Å²) < 4.78 is 5.77. The number of aliphatic hydroxyl groups excluding tert-OH is 1. The number of hydrogen-bond donors (Lipinski definition) is 7. The second kappa shape index (κ2) is 15.0. The predicted molar refractivity (Wildman–Crippen MR) is 194 cm³/mol. The topological polar surface area (TPSA) is 201 Å². The summed E-state index contributed by atoms with van der Waals surface area (Å²) in [7, 11) is 0. The first kappa shape index (κ1) is 36.4. The van der Waals surface area contributed by atoms with Crippen LogP contribution < -0.4 is 32.3 Å². The van der Waals surface area contributed by atoms with E-state index in [1.54, 1.807) is 38.1 Å². The van der Waals surface area contributed by atoms with Gasteiger partial charge in [0.15, 0.2) is 0 Å². The van der Waals surface area contributed by atoms with E-state index in [4.69, 9.17) is 10.5 Å². The number of primary amides is 1. The molecule has 6 amide bonds. The van der Waals surface area contributed by atoms with Crippen molar-refractivity contribution >= 4 is 35.5 Å². The zero-order valence-corrected chi connectivity index (χ0v) is 29.4. The molecule has 52 heavy (non-hydrogen) atoms. The molecule has 0 bridgehead atoms. The van der Waals surface area contributed by atoms with Gasteiger partial charge in [-0.1, -0.05) is 74.5 Å². The summed E-state index contributed by atoms with van der Waals surface area (Å²) in [6.07, 6.45) is 1.56. The number of anilines is 1. The molecule has 3 aromatic carbocycles. The van der Waals surface area contributed by atoms with Crippen molar-refractivity contribution in [2.45, 2.75) is 76.1 Å². The van der Waals surface area contributed by atoms with Crippen molar-refractivity contribution in [2.75, 3.05) is 18.5 Å². The first-order valence-corrected chi connectivity index (χ1v) is 17.8. The van der Waals surface area contributed by atoms with Crippen LogP contribution >= 0.6 is 0 Å². The Balaban J connectivity index is 1.06. The van der Waals surface area contributed by atoms with Crippen molar-refractivity contribution in [3.05, 3.63) is 89.5 Å². The molecule has 3 aliphatic carbocycles. The molecule has 3 aromatic rings. The Labute approximate surface area is 302 Å². The summed E-state index contributed by atoms with van der Waals surface area (Å²) in [6.45, 7) is 3.81. The molecule has 0 spiro atoms. The molecule has 4 atom stereocenters. The number of nitrogens with two attached hydrogens (primary N) is 1. The van der Waals surface area contributed by atoms with Crippen LogP contribution in [0.1, 0.15) is 68.6 Å². The lowest BCUT2D eigenvalue weighted by molar-refractivity contribution is -0.136. The highest BCUT2D eigenvalue weighted by atomic mass is 16.5. The summed E-state index contributed by atoms with van der Waals surface area (Å²) in [6, 6.07) is 20.2. The summed E-state index contributed by atoms with van der Waals surface area (Å²) in [5, 5.41) is 23.3. The number of rotatable bonds is 15. The van der Waals surface area contributed by atoms with E-state index in [1.165, 1.54) is 0 Å². The van der Waals surface area contributed by atoms with Crippen LogP contribution in [0.5, 0.6) is 0 Å². The number of benzene rings is 3. The average Bonchev–Trinajstić information content (AvgIpc) is 3.42. The quantitative estimate of drug-likeness (QED) is 0.117. The zero-order valence-electron chi connectivity index (χ0n) is 29.4. The predicted octanol–water partition coefficient (Wildman–Crippen LogP) is 3.65. The molecule has 13 nitrogen and oxygen atoms in total. The van der Waals surface area contributed by atoms with Gasteiger partial charge in [-0.15, -0.1) is 0 Å². The van der Waals surface area contributed by atoms with Gasteiger partial charge in [0, 0.05) is 18.2 Å². The van der Waals surface area contributed by atoms with Crippen LogP contribution in [0.4, 0.5) is 15.3 Å². The molecule has 3 aliphatic rings. The van der Waals surface area contributed by atoms with Gasteiger partial charge in [0.1, 0.15) is 18.7 Å². The summed E-state index contributed by atoms with van der Waals surface area (Å²) in [5.41, 5.74) is 9.22. The second-order valence-corrected chi connectivity index (χ2v) is 14.3. The number of amides is 6. The molecule has 0 radical (unpaired) electrons. The van der Waals surface area contributed by atoms with Gasteiger partial charge in [0.25, 0.3) is 0 Å². The van der Waals surface area contributed by atoms with Gasteiger partial charge < -0.3 is 42.2 Å². The van der Waals surface area contributed by atoms with Crippen LogP contribution in [0.2, 0.25) is 0 Å². The van der Waals surface area contributed by atoms with Crippen LogP contribution in [-0.2, 0) is 25.7 Å². The fraction of sp³-hybridized carbons (Fsp3) is 0.410. The molecule has 4 unspecified atom stereocenters. The van der Waals surface area contributed by atoms with Crippen LogP contribution in [0.15, 0.2) is 72.8 Å². The van der Waals surface area contributed by atoms with Gasteiger partial charge in [0.2, 0.25) is 17.7 Å². The van der Waals surface area contributed by atoms with Crippen molar-refractivity contribution < 1.29 is 33.8 Å².